The number of hydrogen-bond acceptors (Lipinski definition) is 4. The minimum Gasteiger partial charge on any atom is -0.467 e. The topological polar surface area (TPSA) is 74.0 Å². The average Bonchev–Trinajstić information content (AvgIpc) is 2.69. The third-order valence-corrected chi connectivity index (χ3v) is 2.14. The lowest BCUT2D eigenvalue weighted by molar-refractivity contribution is 0.467. The molecule has 0 fully saturated rings. The van der Waals surface area contributed by atoms with Crippen LogP contribution in [0.2, 0.25) is 0 Å². The van der Waals surface area contributed by atoms with E-state index in [9.17, 15) is 4.79 Å². The second kappa shape index (κ2) is 4.10. The first-order valence-corrected chi connectivity index (χ1v) is 4.58. The van der Waals surface area contributed by atoms with Gasteiger partial charge in [-0.1, -0.05) is 0 Å². The van der Waals surface area contributed by atoms with Crippen molar-refractivity contribution in [2.45, 2.75) is 13.1 Å². The van der Waals surface area contributed by atoms with E-state index in [0.29, 0.717) is 18.8 Å². The molecule has 0 aromatic carbocycles. The summed E-state index contributed by atoms with van der Waals surface area (Å²) in [5.41, 5.74) is 6.26. The van der Waals surface area contributed by atoms with Crippen LogP contribution in [-0.4, -0.2) is 9.78 Å². The first-order chi connectivity index (χ1) is 7.31. The molecule has 2 N–H and O–H groups in total. The first kappa shape index (κ1) is 9.67. The van der Waals surface area contributed by atoms with Gasteiger partial charge in [0.05, 0.1) is 6.26 Å². The van der Waals surface area contributed by atoms with Crippen LogP contribution in [0.5, 0.6) is 0 Å². The number of nitrogens with zero attached hydrogens (tertiary/aromatic N) is 2. The highest BCUT2D eigenvalue weighted by Crippen LogP contribution is 2.09. The van der Waals surface area contributed by atoms with Gasteiger partial charge in [0.25, 0.3) is 5.56 Å². The molecule has 2 aromatic rings. The van der Waals surface area contributed by atoms with Gasteiger partial charge in [0.15, 0.2) is 0 Å². The fourth-order valence-electron chi connectivity index (χ4n) is 1.33. The van der Waals surface area contributed by atoms with Crippen LogP contribution in [0.15, 0.2) is 39.9 Å². The number of nitrogens with two attached hydrogens (primary N) is 1. The van der Waals surface area contributed by atoms with Crippen molar-refractivity contribution in [1.82, 2.24) is 9.78 Å². The van der Waals surface area contributed by atoms with Crippen LogP contribution in [0.25, 0.3) is 0 Å². The molecule has 0 atom stereocenters. The van der Waals surface area contributed by atoms with Gasteiger partial charge in [0, 0.05) is 24.4 Å². The molecule has 0 aliphatic carbocycles. The summed E-state index contributed by atoms with van der Waals surface area (Å²) >= 11 is 0. The maximum atomic E-state index is 11.4. The summed E-state index contributed by atoms with van der Waals surface area (Å²) in [4.78, 5) is 11.4. The molecule has 0 saturated heterocycles. The zero-order valence-electron chi connectivity index (χ0n) is 8.09. The summed E-state index contributed by atoms with van der Waals surface area (Å²) in [5, 5.41) is 3.93. The molecule has 0 aliphatic heterocycles. The third-order valence-electron chi connectivity index (χ3n) is 2.14. The van der Waals surface area contributed by atoms with Crippen molar-refractivity contribution >= 4 is 0 Å². The van der Waals surface area contributed by atoms with E-state index in [0.717, 1.165) is 5.56 Å². The summed E-state index contributed by atoms with van der Waals surface area (Å²) in [6.45, 7) is 0.715. The molecule has 0 amide bonds. The van der Waals surface area contributed by atoms with E-state index < -0.39 is 0 Å². The fourth-order valence-corrected chi connectivity index (χ4v) is 1.33. The Bertz CT molecular complexity index is 501. The van der Waals surface area contributed by atoms with Crippen LogP contribution in [0.1, 0.15) is 11.3 Å². The van der Waals surface area contributed by atoms with Crippen molar-refractivity contribution in [2.75, 3.05) is 0 Å². The van der Waals surface area contributed by atoms with E-state index in [2.05, 4.69) is 5.10 Å². The van der Waals surface area contributed by atoms with Gasteiger partial charge in [-0.15, -0.1) is 0 Å². The van der Waals surface area contributed by atoms with E-state index >= 15 is 0 Å². The Hall–Kier alpha value is -1.88. The zero-order valence-corrected chi connectivity index (χ0v) is 8.09. The highest BCUT2D eigenvalue weighted by Gasteiger charge is 2.06. The molecule has 2 heterocycles. The molecule has 2 rings (SSSR count). The standard InChI is InChI=1S/C10H11N3O2/c11-6-8-3-5-15-9(8)7-13-10(14)2-1-4-12-13/h1-5H,6-7,11H2. The molecule has 15 heavy (non-hydrogen) atoms. The van der Waals surface area contributed by atoms with Gasteiger partial charge in [0.1, 0.15) is 12.3 Å². The Morgan fingerprint density at radius 1 is 1.47 bits per heavy atom. The normalized spacial score (nSPS) is 10.5. The van der Waals surface area contributed by atoms with Gasteiger partial charge in [-0.3, -0.25) is 4.79 Å². The van der Waals surface area contributed by atoms with E-state index in [4.69, 9.17) is 10.2 Å². The average molecular weight is 205 g/mol. The highest BCUT2D eigenvalue weighted by atomic mass is 16.3. The monoisotopic (exact) mass is 205 g/mol. The van der Waals surface area contributed by atoms with Gasteiger partial charge < -0.3 is 10.2 Å². The van der Waals surface area contributed by atoms with Crippen LogP contribution in [0.3, 0.4) is 0 Å². The maximum absolute atomic E-state index is 11.4. The second-order valence-corrected chi connectivity index (χ2v) is 3.09. The van der Waals surface area contributed by atoms with E-state index in [-0.39, 0.29) is 5.56 Å². The second-order valence-electron chi connectivity index (χ2n) is 3.09. The van der Waals surface area contributed by atoms with Crippen molar-refractivity contribution in [3.63, 3.8) is 0 Å². The van der Waals surface area contributed by atoms with E-state index in [1.54, 1.807) is 24.6 Å². The Kier molecular flexibility index (Phi) is 2.64. The molecule has 5 heteroatoms. The highest BCUT2D eigenvalue weighted by molar-refractivity contribution is 5.16. The van der Waals surface area contributed by atoms with Gasteiger partial charge in [0.2, 0.25) is 0 Å². The predicted octanol–water partition coefficient (Wildman–Crippen LogP) is 0.343. The lowest BCUT2D eigenvalue weighted by Crippen LogP contribution is -2.22. The summed E-state index contributed by atoms with van der Waals surface area (Å²) in [6, 6.07) is 4.85. The van der Waals surface area contributed by atoms with E-state index in [1.165, 1.54) is 10.7 Å². The summed E-state index contributed by atoms with van der Waals surface area (Å²) in [5.74, 6) is 0.679. The van der Waals surface area contributed by atoms with Crippen LogP contribution >= 0.6 is 0 Å². The predicted molar refractivity (Wildman–Crippen MR) is 54.2 cm³/mol. The van der Waals surface area contributed by atoms with Gasteiger partial charge in [-0.05, 0) is 12.1 Å². The van der Waals surface area contributed by atoms with Crippen LogP contribution in [0.4, 0.5) is 0 Å². The Morgan fingerprint density at radius 2 is 2.33 bits per heavy atom. The SMILES string of the molecule is NCc1ccoc1Cn1ncccc1=O. The van der Waals surface area contributed by atoms with Crippen molar-refractivity contribution in [3.05, 3.63) is 52.3 Å². The molecular weight excluding hydrogens is 194 g/mol. The molecule has 0 saturated carbocycles. The van der Waals surface area contributed by atoms with Crippen molar-refractivity contribution < 1.29 is 4.42 Å². The Balaban J connectivity index is 2.30. The lowest BCUT2D eigenvalue weighted by atomic mass is 10.2. The molecule has 78 valence electrons. The first-order valence-electron chi connectivity index (χ1n) is 4.58. The number of aromatic nitrogens is 2. The molecule has 0 unspecified atom stereocenters. The molecule has 0 aliphatic rings. The van der Waals surface area contributed by atoms with Gasteiger partial charge in [-0.25, -0.2) is 4.68 Å². The largest absolute Gasteiger partial charge is 0.467 e. The molecule has 0 spiro atoms. The van der Waals surface area contributed by atoms with Crippen LogP contribution < -0.4 is 11.3 Å². The van der Waals surface area contributed by atoms with Crippen molar-refractivity contribution in [2.24, 2.45) is 5.73 Å². The Labute approximate surface area is 86.1 Å². The van der Waals surface area contributed by atoms with Crippen molar-refractivity contribution in [3.8, 4) is 0 Å². The Morgan fingerprint density at radius 3 is 3.07 bits per heavy atom. The van der Waals surface area contributed by atoms with Crippen molar-refractivity contribution in [1.29, 1.82) is 0 Å². The maximum Gasteiger partial charge on any atom is 0.267 e. The minimum atomic E-state index is -0.156. The van der Waals surface area contributed by atoms with Gasteiger partial charge >= 0.3 is 0 Å². The quantitative estimate of drug-likeness (QED) is 0.784. The summed E-state index contributed by atoms with van der Waals surface area (Å²) in [7, 11) is 0. The smallest absolute Gasteiger partial charge is 0.267 e. The molecule has 0 bridgehead atoms. The summed E-state index contributed by atoms with van der Waals surface area (Å²) < 4.78 is 6.57. The summed E-state index contributed by atoms with van der Waals surface area (Å²) in [6.07, 6.45) is 3.12. The van der Waals surface area contributed by atoms with Crippen LogP contribution in [-0.2, 0) is 13.1 Å². The molecule has 0 radical (unpaired) electrons. The molecular formula is C10H11N3O2. The lowest BCUT2D eigenvalue weighted by Gasteiger charge is -2.02. The molecule has 2 aromatic heterocycles. The van der Waals surface area contributed by atoms with Gasteiger partial charge in [-0.2, -0.15) is 5.10 Å². The van der Waals surface area contributed by atoms with Crippen LogP contribution in [0, 0.1) is 0 Å². The zero-order chi connectivity index (χ0) is 10.7. The molecule has 5 nitrogen and oxygen atoms in total. The fraction of sp³-hybridized carbons (Fsp3) is 0.200. The third kappa shape index (κ3) is 1.97. The number of furan rings is 1. The number of rotatable bonds is 3. The minimum absolute atomic E-state index is 0.156. The van der Waals surface area contributed by atoms with E-state index in [1.807, 2.05) is 0 Å². The number of hydrogen-bond donors (Lipinski definition) is 1.